The first-order valence-corrected chi connectivity index (χ1v) is 9.14. The van der Waals surface area contributed by atoms with Gasteiger partial charge >= 0.3 is 0 Å². The normalized spacial score (nSPS) is 13.3. The van der Waals surface area contributed by atoms with Gasteiger partial charge in [0, 0.05) is 18.8 Å². The molecular formula is C22H16F2N4O. The number of amides is 1. The maximum absolute atomic E-state index is 14.8. The Morgan fingerprint density at radius 3 is 2.59 bits per heavy atom. The zero-order valence-corrected chi connectivity index (χ0v) is 15.6. The molecule has 4 aromatic rings. The molecule has 0 bridgehead atoms. The van der Waals surface area contributed by atoms with Crippen molar-refractivity contribution in [1.29, 1.82) is 0 Å². The van der Waals surface area contributed by atoms with Crippen molar-refractivity contribution >= 4 is 16.9 Å². The first kappa shape index (κ1) is 17.5. The van der Waals surface area contributed by atoms with Crippen LogP contribution in [0.4, 0.5) is 8.78 Å². The van der Waals surface area contributed by atoms with Crippen molar-refractivity contribution in [3.63, 3.8) is 0 Å². The molecule has 1 amide bonds. The fraction of sp³-hybridized carbons (Fsp3) is 0.136. The Balaban J connectivity index is 1.47. The van der Waals surface area contributed by atoms with Crippen LogP contribution in [0.1, 0.15) is 21.6 Å². The molecule has 5 nitrogen and oxygen atoms in total. The number of nitrogens with zero attached hydrogens (tertiary/aromatic N) is 4. The lowest BCUT2D eigenvalue weighted by Crippen LogP contribution is -2.24. The number of benzene rings is 2. The summed E-state index contributed by atoms with van der Waals surface area (Å²) in [6.45, 7) is 0.0979. The van der Waals surface area contributed by atoms with Crippen molar-refractivity contribution < 1.29 is 13.6 Å². The number of hydrogen-bond donors (Lipinski definition) is 0. The maximum Gasteiger partial charge on any atom is 0.256 e. The van der Waals surface area contributed by atoms with E-state index in [1.165, 1.54) is 17.0 Å². The molecule has 0 unspecified atom stereocenters. The van der Waals surface area contributed by atoms with Crippen molar-refractivity contribution in [2.75, 3.05) is 0 Å². The van der Waals surface area contributed by atoms with E-state index >= 15 is 0 Å². The zero-order valence-electron chi connectivity index (χ0n) is 15.6. The van der Waals surface area contributed by atoms with Gasteiger partial charge in [-0.2, -0.15) is 0 Å². The zero-order chi connectivity index (χ0) is 20.1. The van der Waals surface area contributed by atoms with Crippen LogP contribution in [-0.2, 0) is 20.1 Å². The molecule has 0 aliphatic carbocycles. The van der Waals surface area contributed by atoms with Crippen LogP contribution in [0.15, 0.2) is 55.0 Å². The summed E-state index contributed by atoms with van der Waals surface area (Å²) in [5.41, 5.74) is 3.80. The molecule has 144 valence electrons. The number of carbonyl (C=O) groups excluding carboxylic acids is 1. The minimum atomic E-state index is -0.679. The smallest absolute Gasteiger partial charge is 0.256 e. The summed E-state index contributed by atoms with van der Waals surface area (Å²) in [5, 5.41) is 0. The third-order valence-corrected chi connectivity index (χ3v) is 5.30. The molecule has 0 radical (unpaired) electrons. The number of halogens is 2. The number of carbonyl (C=O) groups is 1. The predicted octanol–water partition coefficient (Wildman–Crippen LogP) is 4.07. The van der Waals surface area contributed by atoms with Crippen molar-refractivity contribution in [2.24, 2.45) is 7.05 Å². The van der Waals surface area contributed by atoms with Crippen molar-refractivity contribution in [3.8, 4) is 11.1 Å². The van der Waals surface area contributed by atoms with Crippen molar-refractivity contribution in [2.45, 2.75) is 13.1 Å². The van der Waals surface area contributed by atoms with Gasteiger partial charge in [0.2, 0.25) is 0 Å². The molecule has 0 spiro atoms. The second kappa shape index (κ2) is 6.48. The molecular weight excluding hydrogens is 374 g/mol. The van der Waals surface area contributed by atoms with E-state index in [0.717, 1.165) is 11.0 Å². The van der Waals surface area contributed by atoms with Gasteiger partial charge in [0.15, 0.2) is 0 Å². The molecule has 29 heavy (non-hydrogen) atoms. The minimum absolute atomic E-state index is 0.128. The molecule has 1 aliphatic heterocycles. The number of pyridine rings is 1. The Kier molecular flexibility index (Phi) is 3.91. The van der Waals surface area contributed by atoms with E-state index < -0.39 is 11.6 Å². The standard InChI is InChI=1S/C22H16F2N4O/c1-27-12-26-19-5-4-13(9-21(19)27)14-7-17(23)16(18(24)8-14)10-28-11-20-15(22(28)29)3-2-6-25-20/h2-9,12H,10-11H2,1H3. The Morgan fingerprint density at radius 2 is 1.83 bits per heavy atom. The summed E-state index contributed by atoms with van der Waals surface area (Å²) < 4.78 is 31.5. The number of imidazole rings is 1. The monoisotopic (exact) mass is 390 g/mol. The van der Waals surface area contributed by atoms with Crippen LogP contribution in [0.3, 0.4) is 0 Å². The molecule has 0 fully saturated rings. The van der Waals surface area contributed by atoms with Crippen LogP contribution in [0, 0.1) is 11.6 Å². The molecule has 5 rings (SSSR count). The lowest BCUT2D eigenvalue weighted by molar-refractivity contribution is 0.0763. The quantitative estimate of drug-likeness (QED) is 0.530. The van der Waals surface area contributed by atoms with Gasteiger partial charge in [0.05, 0.1) is 41.7 Å². The van der Waals surface area contributed by atoms with Crippen molar-refractivity contribution in [3.05, 3.63) is 83.4 Å². The number of rotatable bonds is 3. The van der Waals surface area contributed by atoms with E-state index in [-0.39, 0.29) is 24.6 Å². The van der Waals surface area contributed by atoms with Crippen LogP contribution < -0.4 is 0 Å². The van der Waals surface area contributed by atoms with Crippen LogP contribution >= 0.6 is 0 Å². The fourth-order valence-corrected chi connectivity index (χ4v) is 3.73. The maximum atomic E-state index is 14.8. The van der Waals surface area contributed by atoms with Gasteiger partial charge in [-0.1, -0.05) is 6.07 Å². The molecule has 7 heteroatoms. The molecule has 1 aliphatic rings. The van der Waals surface area contributed by atoms with Gasteiger partial charge in [-0.15, -0.1) is 0 Å². The first-order chi connectivity index (χ1) is 14.0. The second-order valence-electron chi connectivity index (χ2n) is 7.14. The molecule has 3 heterocycles. The molecule has 0 atom stereocenters. The van der Waals surface area contributed by atoms with E-state index in [4.69, 9.17) is 0 Å². The minimum Gasteiger partial charge on any atom is -0.334 e. The predicted molar refractivity (Wildman–Crippen MR) is 104 cm³/mol. The number of fused-ring (bicyclic) bond motifs is 2. The van der Waals surface area contributed by atoms with Gasteiger partial charge in [0.25, 0.3) is 5.91 Å². The van der Waals surface area contributed by atoms with E-state index in [0.29, 0.717) is 22.4 Å². The first-order valence-electron chi connectivity index (χ1n) is 9.14. The molecule has 0 N–H and O–H groups in total. The van der Waals surface area contributed by atoms with Crippen LogP contribution in [0.25, 0.3) is 22.2 Å². The fourth-order valence-electron chi connectivity index (χ4n) is 3.73. The Labute approximate surface area is 165 Å². The molecule has 0 saturated heterocycles. The summed E-state index contributed by atoms with van der Waals surface area (Å²) in [7, 11) is 1.86. The third-order valence-electron chi connectivity index (χ3n) is 5.30. The molecule has 0 saturated carbocycles. The second-order valence-corrected chi connectivity index (χ2v) is 7.14. The Hall–Kier alpha value is -3.61. The van der Waals surface area contributed by atoms with E-state index in [1.54, 1.807) is 30.7 Å². The summed E-state index contributed by atoms with van der Waals surface area (Å²) in [6.07, 6.45) is 3.29. The van der Waals surface area contributed by atoms with Gasteiger partial charge < -0.3 is 9.47 Å². The van der Waals surface area contributed by atoms with E-state index in [2.05, 4.69) is 9.97 Å². The highest BCUT2D eigenvalue weighted by Crippen LogP contribution is 2.29. The number of hydrogen-bond acceptors (Lipinski definition) is 3. The van der Waals surface area contributed by atoms with Gasteiger partial charge in [-0.3, -0.25) is 9.78 Å². The van der Waals surface area contributed by atoms with Gasteiger partial charge in [-0.05, 0) is 47.5 Å². The van der Waals surface area contributed by atoms with Crippen LogP contribution in [-0.4, -0.2) is 25.3 Å². The lowest BCUT2D eigenvalue weighted by atomic mass is 10.0. The SMILES string of the molecule is Cn1cnc2ccc(-c3cc(F)c(CN4Cc5ncccc5C4=O)c(F)c3)cc21. The Bertz CT molecular complexity index is 1260. The molecule has 2 aromatic carbocycles. The Morgan fingerprint density at radius 1 is 1.03 bits per heavy atom. The highest BCUT2D eigenvalue weighted by molar-refractivity contribution is 5.97. The molecule has 2 aromatic heterocycles. The van der Waals surface area contributed by atoms with E-state index in [1.807, 2.05) is 23.7 Å². The van der Waals surface area contributed by atoms with Gasteiger partial charge in [0.1, 0.15) is 11.6 Å². The van der Waals surface area contributed by atoms with Gasteiger partial charge in [-0.25, -0.2) is 13.8 Å². The average Bonchev–Trinajstić information content (AvgIpc) is 3.24. The summed E-state index contributed by atoms with van der Waals surface area (Å²) in [5.74, 6) is -1.62. The van der Waals surface area contributed by atoms with Crippen molar-refractivity contribution in [1.82, 2.24) is 19.4 Å². The summed E-state index contributed by atoms with van der Waals surface area (Å²) in [4.78, 5) is 22.3. The lowest BCUT2D eigenvalue weighted by Gasteiger charge is -2.17. The van der Waals surface area contributed by atoms with Crippen LogP contribution in [0.2, 0.25) is 0 Å². The number of aryl methyl sites for hydroxylation is 1. The third kappa shape index (κ3) is 2.86. The highest BCUT2D eigenvalue weighted by Gasteiger charge is 2.29. The summed E-state index contributed by atoms with van der Waals surface area (Å²) >= 11 is 0. The van der Waals surface area contributed by atoms with E-state index in [9.17, 15) is 13.6 Å². The number of aromatic nitrogens is 3. The topological polar surface area (TPSA) is 51.0 Å². The summed E-state index contributed by atoms with van der Waals surface area (Å²) in [6, 6.07) is 11.4. The average molecular weight is 390 g/mol. The highest BCUT2D eigenvalue weighted by atomic mass is 19.1. The van der Waals surface area contributed by atoms with Crippen LogP contribution in [0.5, 0.6) is 0 Å². The largest absolute Gasteiger partial charge is 0.334 e.